The molecule has 2 heterocycles. The lowest BCUT2D eigenvalue weighted by Gasteiger charge is -2.05. The molecule has 0 N–H and O–H groups in total. The maximum atomic E-state index is 14.0. The SMILES string of the molecule is COc1cccc(-n2nnc(-c3nc(-c4ccccc4F)cs3)c2C)c1. The quantitative estimate of drug-likeness (QED) is 0.533. The van der Waals surface area contributed by atoms with Gasteiger partial charge >= 0.3 is 0 Å². The van der Waals surface area contributed by atoms with Crippen LogP contribution < -0.4 is 4.74 Å². The van der Waals surface area contributed by atoms with E-state index in [4.69, 9.17) is 4.74 Å². The monoisotopic (exact) mass is 366 g/mol. The minimum Gasteiger partial charge on any atom is -0.497 e. The van der Waals surface area contributed by atoms with Crippen molar-refractivity contribution < 1.29 is 9.13 Å². The summed E-state index contributed by atoms with van der Waals surface area (Å²) in [5, 5.41) is 11.0. The zero-order valence-corrected chi connectivity index (χ0v) is 15.0. The summed E-state index contributed by atoms with van der Waals surface area (Å²) in [4.78, 5) is 4.55. The summed E-state index contributed by atoms with van der Waals surface area (Å²) in [6, 6.07) is 14.2. The highest BCUT2D eigenvalue weighted by molar-refractivity contribution is 7.13. The van der Waals surface area contributed by atoms with E-state index < -0.39 is 0 Å². The van der Waals surface area contributed by atoms with Gasteiger partial charge < -0.3 is 4.74 Å². The molecule has 0 unspecified atom stereocenters. The summed E-state index contributed by atoms with van der Waals surface area (Å²) in [5.41, 5.74) is 3.46. The predicted molar refractivity (Wildman–Crippen MR) is 99.2 cm³/mol. The Bertz CT molecular complexity index is 1070. The van der Waals surface area contributed by atoms with Gasteiger partial charge in [0.15, 0.2) is 0 Å². The first-order chi connectivity index (χ1) is 12.7. The fourth-order valence-electron chi connectivity index (χ4n) is 2.69. The molecule has 0 amide bonds. The number of methoxy groups -OCH3 is 1. The van der Waals surface area contributed by atoms with Crippen LogP contribution in [-0.2, 0) is 0 Å². The molecule has 26 heavy (non-hydrogen) atoms. The first-order valence-corrected chi connectivity index (χ1v) is 8.83. The molecule has 0 aliphatic carbocycles. The molecule has 0 bridgehead atoms. The van der Waals surface area contributed by atoms with Crippen molar-refractivity contribution in [2.24, 2.45) is 0 Å². The highest BCUT2D eigenvalue weighted by Gasteiger charge is 2.17. The third-order valence-corrected chi connectivity index (χ3v) is 4.90. The Kier molecular flexibility index (Phi) is 4.22. The molecule has 0 radical (unpaired) electrons. The fraction of sp³-hybridized carbons (Fsp3) is 0.105. The fourth-order valence-corrected chi connectivity index (χ4v) is 3.54. The van der Waals surface area contributed by atoms with E-state index in [9.17, 15) is 4.39 Å². The van der Waals surface area contributed by atoms with E-state index in [2.05, 4.69) is 15.3 Å². The average Bonchev–Trinajstić information content (AvgIpc) is 3.29. The lowest BCUT2D eigenvalue weighted by molar-refractivity contribution is 0.414. The zero-order chi connectivity index (χ0) is 18.1. The molecule has 0 atom stereocenters. The Labute approximate surface area is 153 Å². The van der Waals surface area contributed by atoms with E-state index in [1.54, 1.807) is 30.0 Å². The molecule has 4 aromatic rings. The number of thiazole rings is 1. The molecule has 4 rings (SSSR count). The topological polar surface area (TPSA) is 52.8 Å². The molecule has 0 saturated carbocycles. The van der Waals surface area contributed by atoms with Crippen molar-refractivity contribution >= 4 is 11.3 Å². The van der Waals surface area contributed by atoms with E-state index >= 15 is 0 Å². The van der Waals surface area contributed by atoms with Crippen LogP contribution in [0.5, 0.6) is 5.75 Å². The van der Waals surface area contributed by atoms with Crippen LogP contribution in [0, 0.1) is 12.7 Å². The lowest BCUT2D eigenvalue weighted by Crippen LogP contribution is -1.99. The van der Waals surface area contributed by atoms with Gasteiger partial charge in [-0.25, -0.2) is 14.1 Å². The number of hydrogen-bond donors (Lipinski definition) is 0. The van der Waals surface area contributed by atoms with Crippen molar-refractivity contribution in [3.63, 3.8) is 0 Å². The van der Waals surface area contributed by atoms with E-state index in [1.807, 2.05) is 36.6 Å². The van der Waals surface area contributed by atoms with Crippen molar-refractivity contribution in [2.45, 2.75) is 6.92 Å². The molecule has 2 aromatic heterocycles. The molecule has 0 saturated heterocycles. The standard InChI is InChI=1S/C19H15FN4OS/c1-12-18(22-23-24(12)13-6-5-7-14(10-13)25-2)19-21-17(11-26-19)15-8-3-4-9-16(15)20/h3-11H,1-2H3. The molecule has 2 aromatic carbocycles. The predicted octanol–water partition coefficient (Wildman–Crippen LogP) is 4.51. The average molecular weight is 366 g/mol. The summed E-state index contributed by atoms with van der Waals surface area (Å²) >= 11 is 1.42. The number of nitrogens with zero attached hydrogens (tertiary/aromatic N) is 4. The van der Waals surface area contributed by atoms with Crippen LogP contribution in [0.4, 0.5) is 4.39 Å². The van der Waals surface area contributed by atoms with Crippen LogP contribution in [0.1, 0.15) is 5.69 Å². The zero-order valence-electron chi connectivity index (χ0n) is 14.2. The summed E-state index contributed by atoms with van der Waals surface area (Å²) in [6.45, 7) is 1.93. The van der Waals surface area contributed by atoms with Crippen molar-refractivity contribution in [2.75, 3.05) is 7.11 Å². The largest absolute Gasteiger partial charge is 0.497 e. The molecule has 5 nitrogen and oxygen atoms in total. The molecule has 0 spiro atoms. The third kappa shape index (κ3) is 2.86. The van der Waals surface area contributed by atoms with Gasteiger partial charge in [-0.3, -0.25) is 0 Å². The summed E-state index contributed by atoms with van der Waals surface area (Å²) in [6.07, 6.45) is 0. The number of ether oxygens (including phenoxy) is 1. The van der Waals surface area contributed by atoms with Crippen molar-refractivity contribution in [3.8, 4) is 33.4 Å². The number of benzene rings is 2. The first kappa shape index (κ1) is 16.4. The highest BCUT2D eigenvalue weighted by Crippen LogP contribution is 2.31. The van der Waals surface area contributed by atoms with Crippen LogP contribution in [0.15, 0.2) is 53.9 Å². The van der Waals surface area contributed by atoms with Gasteiger partial charge in [0.2, 0.25) is 0 Å². The van der Waals surface area contributed by atoms with Crippen LogP contribution >= 0.6 is 11.3 Å². The number of aromatic nitrogens is 4. The van der Waals surface area contributed by atoms with Crippen LogP contribution in [0.25, 0.3) is 27.6 Å². The van der Waals surface area contributed by atoms with Crippen LogP contribution in [0.2, 0.25) is 0 Å². The van der Waals surface area contributed by atoms with Gasteiger partial charge in [0.25, 0.3) is 0 Å². The molecule has 0 aliphatic heterocycles. The van der Waals surface area contributed by atoms with E-state index in [1.165, 1.54) is 17.4 Å². The van der Waals surface area contributed by atoms with E-state index in [-0.39, 0.29) is 5.82 Å². The smallest absolute Gasteiger partial charge is 0.146 e. The molecular weight excluding hydrogens is 351 g/mol. The maximum Gasteiger partial charge on any atom is 0.146 e. The second kappa shape index (κ2) is 6.68. The van der Waals surface area contributed by atoms with Crippen molar-refractivity contribution in [3.05, 3.63) is 65.4 Å². The number of halogens is 1. The Balaban J connectivity index is 1.72. The van der Waals surface area contributed by atoms with Gasteiger partial charge in [-0.2, -0.15) is 0 Å². The minimum absolute atomic E-state index is 0.291. The third-order valence-electron chi connectivity index (χ3n) is 4.05. The maximum absolute atomic E-state index is 14.0. The summed E-state index contributed by atoms with van der Waals surface area (Å²) in [5.74, 6) is 0.455. The molecule has 7 heteroatoms. The van der Waals surface area contributed by atoms with Gasteiger partial charge in [-0.1, -0.05) is 23.4 Å². The normalized spacial score (nSPS) is 10.9. The van der Waals surface area contributed by atoms with E-state index in [0.29, 0.717) is 22.0 Å². The molecular formula is C19H15FN4OS. The minimum atomic E-state index is -0.291. The Morgan fingerprint density at radius 2 is 1.96 bits per heavy atom. The van der Waals surface area contributed by atoms with Crippen LogP contribution in [0.3, 0.4) is 0 Å². The van der Waals surface area contributed by atoms with Crippen molar-refractivity contribution in [1.29, 1.82) is 0 Å². The Morgan fingerprint density at radius 3 is 2.77 bits per heavy atom. The Hall–Kier alpha value is -3.06. The summed E-state index contributed by atoms with van der Waals surface area (Å²) < 4.78 is 21.0. The molecule has 0 fully saturated rings. The highest BCUT2D eigenvalue weighted by atomic mass is 32.1. The van der Waals surface area contributed by atoms with E-state index in [0.717, 1.165) is 17.1 Å². The van der Waals surface area contributed by atoms with Crippen LogP contribution in [-0.4, -0.2) is 27.1 Å². The van der Waals surface area contributed by atoms with Crippen molar-refractivity contribution in [1.82, 2.24) is 20.0 Å². The van der Waals surface area contributed by atoms with Gasteiger partial charge in [-0.15, -0.1) is 16.4 Å². The Morgan fingerprint density at radius 1 is 1.12 bits per heavy atom. The molecule has 0 aliphatic rings. The van der Waals surface area contributed by atoms with Gasteiger partial charge in [0, 0.05) is 17.0 Å². The number of hydrogen-bond acceptors (Lipinski definition) is 5. The lowest BCUT2D eigenvalue weighted by atomic mass is 10.1. The second-order valence-corrected chi connectivity index (χ2v) is 6.51. The first-order valence-electron chi connectivity index (χ1n) is 7.95. The van der Waals surface area contributed by atoms with Gasteiger partial charge in [0.05, 0.1) is 24.2 Å². The number of rotatable bonds is 4. The summed E-state index contributed by atoms with van der Waals surface area (Å²) in [7, 11) is 1.62. The second-order valence-electron chi connectivity index (χ2n) is 5.65. The van der Waals surface area contributed by atoms with Gasteiger partial charge in [0.1, 0.15) is 22.3 Å². The van der Waals surface area contributed by atoms with Gasteiger partial charge in [-0.05, 0) is 31.2 Å². The molecule has 130 valence electrons.